The maximum atomic E-state index is 11.8. The van der Waals surface area contributed by atoms with Crippen LogP contribution in [0.1, 0.15) is 30.9 Å². The highest BCUT2D eigenvalue weighted by molar-refractivity contribution is 6.32. The van der Waals surface area contributed by atoms with Gasteiger partial charge in [0.2, 0.25) is 0 Å². The fourth-order valence-corrected chi connectivity index (χ4v) is 2.38. The van der Waals surface area contributed by atoms with Crippen molar-refractivity contribution in [3.05, 3.63) is 68.7 Å². The first-order chi connectivity index (χ1) is 12.4. The van der Waals surface area contributed by atoms with Crippen molar-refractivity contribution in [3.63, 3.8) is 0 Å². The van der Waals surface area contributed by atoms with E-state index in [1.54, 1.807) is 12.1 Å². The minimum absolute atomic E-state index is 0.0356. The third-order valence-electron chi connectivity index (χ3n) is 3.47. The highest BCUT2D eigenvalue weighted by Gasteiger charge is 2.12. The van der Waals surface area contributed by atoms with Crippen molar-refractivity contribution in [1.29, 1.82) is 0 Å². The Hall–Kier alpha value is -2.93. The molecular formula is C18H18ClN3O4. The zero-order chi connectivity index (χ0) is 19.1. The van der Waals surface area contributed by atoms with Crippen LogP contribution in [0.5, 0.6) is 5.75 Å². The second-order valence-electron chi connectivity index (χ2n) is 5.74. The molecule has 0 aliphatic heterocycles. The number of ether oxygens (including phenoxy) is 1. The SMILES string of the molecule is CC(C)c1ccccc1OCC(=O)NN=Cc1ccc(Cl)c([N+](=O)[O-])c1. The number of rotatable bonds is 7. The predicted molar refractivity (Wildman–Crippen MR) is 99.9 cm³/mol. The number of nitro benzene ring substituents is 1. The Labute approximate surface area is 155 Å². The number of hydrazone groups is 1. The third-order valence-corrected chi connectivity index (χ3v) is 3.79. The molecule has 0 heterocycles. The standard InChI is InChI=1S/C18H18ClN3O4/c1-12(2)14-5-3-4-6-17(14)26-11-18(23)21-20-10-13-7-8-15(19)16(9-13)22(24)25/h3-10,12H,11H2,1-2H3,(H,21,23). The summed E-state index contributed by atoms with van der Waals surface area (Å²) in [5, 5.41) is 14.6. The van der Waals surface area contributed by atoms with Crippen LogP contribution < -0.4 is 10.2 Å². The van der Waals surface area contributed by atoms with E-state index in [0.717, 1.165) is 5.56 Å². The van der Waals surface area contributed by atoms with E-state index >= 15 is 0 Å². The molecule has 8 heteroatoms. The zero-order valence-electron chi connectivity index (χ0n) is 14.3. The molecule has 0 aromatic heterocycles. The quantitative estimate of drug-likeness (QED) is 0.451. The lowest BCUT2D eigenvalue weighted by Crippen LogP contribution is -2.24. The van der Waals surface area contributed by atoms with Gasteiger partial charge >= 0.3 is 0 Å². The second kappa shape index (κ2) is 8.96. The topological polar surface area (TPSA) is 93.8 Å². The summed E-state index contributed by atoms with van der Waals surface area (Å²) in [4.78, 5) is 22.1. The average molecular weight is 376 g/mol. The first-order valence-corrected chi connectivity index (χ1v) is 8.24. The summed E-state index contributed by atoms with van der Waals surface area (Å²) in [6.45, 7) is 3.89. The van der Waals surface area contributed by atoms with E-state index in [1.807, 2.05) is 32.0 Å². The van der Waals surface area contributed by atoms with E-state index in [0.29, 0.717) is 11.3 Å². The van der Waals surface area contributed by atoms with Gasteiger partial charge in [-0.25, -0.2) is 5.43 Å². The number of amides is 1. The fraction of sp³-hybridized carbons (Fsp3) is 0.222. The zero-order valence-corrected chi connectivity index (χ0v) is 15.1. The van der Waals surface area contributed by atoms with Gasteiger partial charge in [-0.2, -0.15) is 5.10 Å². The van der Waals surface area contributed by atoms with Crippen molar-refractivity contribution < 1.29 is 14.5 Å². The molecule has 0 fully saturated rings. The summed E-state index contributed by atoms with van der Waals surface area (Å²) >= 11 is 5.74. The van der Waals surface area contributed by atoms with Crippen LogP contribution in [0.2, 0.25) is 5.02 Å². The predicted octanol–water partition coefficient (Wildman–Crippen LogP) is 3.90. The Kier molecular flexibility index (Phi) is 6.68. The van der Waals surface area contributed by atoms with Crippen LogP contribution in [0.15, 0.2) is 47.6 Å². The lowest BCUT2D eigenvalue weighted by atomic mass is 10.0. The number of nitro groups is 1. The molecule has 1 N–H and O–H groups in total. The van der Waals surface area contributed by atoms with Gasteiger partial charge in [0.1, 0.15) is 10.8 Å². The summed E-state index contributed by atoms with van der Waals surface area (Å²) in [6, 6.07) is 11.7. The molecule has 136 valence electrons. The Morgan fingerprint density at radius 1 is 1.35 bits per heavy atom. The van der Waals surface area contributed by atoms with Gasteiger partial charge in [0.25, 0.3) is 11.6 Å². The number of carbonyl (C=O) groups excluding carboxylic acids is 1. The molecule has 7 nitrogen and oxygen atoms in total. The molecule has 0 aliphatic carbocycles. The molecule has 0 saturated heterocycles. The number of benzene rings is 2. The monoisotopic (exact) mass is 375 g/mol. The lowest BCUT2D eigenvalue weighted by Gasteiger charge is -2.12. The molecule has 0 aliphatic rings. The minimum Gasteiger partial charge on any atom is -0.483 e. The van der Waals surface area contributed by atoms with Crippen molar-refractivity contribution >= 4 is 29.4 Å². The third kappa shape index (κ3) is 5.29. The smallest absolute Gasteiger partial charge is 0.288 e. The van der Waals surface area contributed by atoms with Crippen LogP contribution in [0, 0.1) is 10.1 Å². The Balaban J connectivity index is 1.92. The molecule has 2 aromatic carbocycles. The minimum atomic E-state index is -0.585. The van der Waals surface area contributed by atoms with Gasteiger partial charge in [0, 0.05) is 11.6 Å². The van der Waals surface area contributed by atoms with Crippen molar-refractivity contribution in [2.24, 2.45) is 5.10 Å². The first kappa shape index (κ1) is 19.4. The molecule has 0 bridgehead atoms. The summed E-state index contributed by atoms with van der Waals surface area (Å²) < 4.78 is 5.54. The normalized spacial score (nSPS) is 10.9. The Morgan fingerprint density at radius 2 is 2.08 bits per heavy atom. The van der Waals surface area contributed by atoms with Gasteiger partial charge in [-0.05, 0) is 23.6 Å². The first-order valence-electron chi connectivity index (χ1n) is 7.86. The van der Waals surface area contributed by atoms with Crippen molar-refractivity contribution in [1.82, 2.24) is 5.43 Å². The van der Waals surface area contributed by atoms with Crippen LogP contribution in [0.4, 0.5) is 5.69 Å². The fourth-order valence-electron chi connectivity index (χ4n) is 2.19. The van der Waals surface area contributed by atoms with Gasteiger partial charge in [-0.1, -0.05) is 49.7 Å². The number of hydrogen-bond acceptors (Lipinski definition) is 5. The van der Waals surface area contributed by atoms with E-state index in [4.69, 9.17) is 16.3 Å². The second-order valence-corrected chi connectivity index (χ2v) is 6.15. The van der Waals surface area contributed by atoms with Crippen molar-refractivity contribution in [3.8, 4) is 5.75 Å². The van der Waals surface area contributed by atoms with Gasteiger partial charge in [-0.3, -0.25) is 14.9 Å². The van der Waals surface area contributed by atoms with E-state index in [1.165, 1.54) is 18.3 Å². The van der Waals surface area contributed by atoms with Crippen molar-refractivity contribution in [2.45, 2.75) is 19.8 Å². The largest absolute Gasteiger partial charge is 0.483 e. The Bertz CT molecular complexity index is 837. The molecule has 0 spiro atoms. The molecule has 2 rings (SSSR count). The number of halogens is 1. The van der Waals surface area contributed by atoms with Crippen LogP contribution in [-0.4, -0.2) is 23.7 Å². The van der Waals surface area contributed by atoms with Crippen LogP contribution in [0.3, 0.4) is 0 Å². The van der Waals surface area contributed by atoms with Crippen LogP contribution in [0.25, 0.3) is 0 Å². The number of nitrogens with zero attached hydrogens (tertiary/aromatic N) is 2. The summed E-state index contributed by atoms with van der Waals surface area (Å²) in [7, 11) is 0. The summed E-state index contributed by atoms with van der Waals surface area (Å²) in [6.07, 6.45) is 1.29. The summed E-state index contributed by atoms with van der Waals surface area (Å²) in [5.74, 6) is 0.478. The Morgan fingerprint density at radius 3 is 2.77 bits per heavy atom. The van der Waals surface area contributed by atoms with Gasteiger partial charge in [0.05, 0.1) is 11.1 Å². The van der Waals surface area contributed by atoms with Crippen LogP contribution in [-0.2, 0) is 4.79 Å². The summed E-state index contributed by atoms with van der Waals surface area (Å²) in [5.41, 5.74) is 3.54. The number of carbonyl (C=O) groups is 1. The molecule has 0 unspecified atom stereocenters. The molecule has 0 saturated carbocycles. The van der Waals surface area contributed by atoms with Crippen LogP contribution >= 0.6 is 11.6 Å². The van der Waals surface area contributed by atoms with E-state index in [-0.39, 0.29) is 23.2 Å². The number of hydrogen-bond donors (Lipinski definition) is 1. The molecule has 2 aromatic rings. The number of nitrogens with one attached hydrogen (secondary N) is 1. The van der Waals surface area contributed by atoms with Gasteiger partial charge in [-0.15, -0.1) is 0 Å². The van der Waals surface area contributed by atoms with E-state index in [2.05, 4.69) is 10.5 Å². The number of para-hydroxylation sites is 1. The highest BCUT2D eigenvalue weighted by Crippen LogP contribution is 2.26. The highest BCUT2D eigenvalue weighted by atomic mass is 35.5. The lowest BCUT2D eigenvalue weighted by molar-refractivity contribution is -0.384. The molecule has 0 atom stereocenters. The molecular weight excluding hydrogens is 358 g/mol. The van der Waals surface area contributed by atoms with Crippen molar-refractivity contribution in [2.75, 3.05) is 6.61 Å². The van der Waals surface area contributed by atoms with E-state index < -0.39 is 10.8 Å². The molecule has 1 amide bonds. The van der Waals surface area contributed by atoms with E-state index in [9.17, 15) is 14.9 Å². The molecule has 26 heavy (non-hydrogen) atoms. The average Bonchev–Trinajstić information content (AvgIpc) is 2.61. The maximum absolute atomic E-state index is 11.8. The van der Waals surface area contributed by atoms with Gasteiger partial charge in [0.15, 0.2) is 6.61 Å². The van der Waals surface area contributed by atoms with Gasteiger partial charge < -0.3 is 4.74 Å². The maximum Gasteiger partial charge on any atom is 0.288 e. The molecule has 0 radical (unpaired) electrons.